The van der Waals surface area contributed by atoms with Crippen LogP contribution in [0.25, 0.3) is 0 Å². The molecule has 0 spiro atoms. The number of nitrogens with one attached hydrogen (secondary N) is 1. The predicted octanol–water partition coefficient (Wildman–Crippen LogP) is 4.02. The van der Waals surface area contributed by atoms with Gasteiger partial charge < -0.3 is 20.5 Å². The summed E-state index contributed by atoms with van der Waals surface area (Å²) in [7, 11) is 1.25. The molecular formula is C21H20ClF3N2O4S2. The third-order valence-corrected chi connectivity index (χ3v) is 6.05. The van der Waals surface area contributed by atoms with Crippen LogP contribution in [0, 0.1) is 0 Å². The molecule has 2 aromatic carbocycles. The summed E-state index contributed by atoms with van der Waals surface area (Å²) >= 11 is 5.94. The van der Waals surface area contributed by atoms with Gasteiger partial charge in [0, 0.05) is 0 Å². The molecule has 12 heteroatoms. The number of rotatable bonds is 7. The number of hydrogen-bond acceptors (Lipinski definition) is 7. The number of ether oxygens (including phenoxy) is 2. The Bertz CT molecular complexity index is 1040. The highest BCUT2D eigenvalue weighted by Crippen LogP contribution is 2.37. The van der Waals surface area contributed by atoms with Crippen molar-refractivity contribution in [2.45, 2.75) is 30.3 Å². The SMILES string of the molecule is COC(=O)[C@@H](N)Cc1ccc(Oc2ccc(CC3SC(=S)NC3=O)c(C(F)(F)F)c2)cc1.Cl. The lowest BCUT2D eigenvalue weighted by Gasteiger charge is -2.16. The fraction of sp³-hybridized carbons (Fsp3) is 0.286. The number of thiocarbonyl (C=S) groups is 1. The summed E-state index contributed by atoms with van der Waals surface area (Å²) in [5, 5.41) is 1.72. The molecule has 1 unspecified atom stereocenters. The number of carbonyl (C=O) groups is 2. The van der Waals surface area contributed by atoms with E-state index in [0.717, 1.165) is 23.4 Å². The number of nitrogens with two attached hydrogens (primary N) is 1. The number of halogens is 4. The van der Waals surface area contributed by atoms with Crippen LogP contribution in [0.15, 0.2) is 42.5 Å². The number of esters is 1. The average Bonchev–Trinajstić information content (AvgIpc) is 3.05. The first-order valence-corrected chi connectivity index (χ1v) is 10.7. The van der Waals surface area contributed by atoms with Crippen molar-refractivity contribution in [1.29, 1.82) is 0 Å². The molecule has 1 fully saturated rings. The standard InChI is InChI=1S/C21H19F3N2O4S2.ClH/c1-29-19(28)16(25)8-11-2-5-13(6-3-11)30-14-7-4-12(15(10-14)21(22,23)24)9-17-18(27)26-20(31)32-17;/h2-7,10,16-17H,8-9,25H2,1H3,(H,26,27,31);1H/t16-,17?;/m0./s1. The van der Waals surface area contributed by atoms with E-state index in [-0.39, 0.29) is 40.9 Å². The van der Waals surface area contributed by atoms with Crippen LogP contribution in [-0.4, -0.2) is 34.6 Å². The molecule has 3 N–H and O–H groups in total. The van der Waals surface area contributed by atoms with Crippen molar-refractivity contribution in [1.82, 2.24) is 5.32 Å². The topological polar surface area (TPSA) is 90.7 Å². The zero-order chi connectivity index (χ0) is 23.5. The van der Waals surface area contributed by atoms with Gasteiger partial charge in [0.05, 0.1) is 17.9 Å². The van der Waals surface area contributed by atoms with E-state index in [1.807, 2.05) is 0 Å². The second-order valence-electron chi connectivity index (χ2n) is 6.98. The van der Waals surface area contributed by atoms with Crippen LogP contribution in [0.5, 0.6) is 11.5 Å². The number of carbonyl (C=O) groups excluding carboxylic acids is 2. The Hall–Kier alpha value is -2.34. The van der Waals surface area contributed by atoms with Crippen molar-refractivity contribution in [3.63, 3.8) is 0 Å². The second-order valence-corrected chi connectivity index (χ2v) is 8.86. The highest BCUT2D eigenvalue weighted by atomic mass is 35.5. The first kappa shape index (κ1) is 26.9. The Labute approximate surface area is 203 Å². The third kappa shape index (κ3) is 7.07. The lowest BCUT2D eigenvalue weighted by atomic mass is 10.0. The fourth-order valence-corrected chi connectivity index (χ4v) is 4.40. The van der Waals surface area contributed by atoms with Crippen molar-refractivity contribution >= 4 is 52.6 Å². The van der Waals surface area contributed by atoms with E-state index in [9.17, 15) is 22.8 Å². The maximum Gasteiger partial charge on any atom is 0.416 e. The number of methoxy groups -OCH3 is 1. The number of hydrogen-bond donors (Lipinski definition) is 2. The van der Waals surface area contributed by atoms with E-state index in [1.54, 1.807) is 24.3 Å². The Morgan fingerprint density at radius 3 is 2.39 bits per heavy atom. The molecule has 1 saturated heterocycles. The van der Waals surface area contributed by atoms with E-state index in [0.29, 0.717) is 5.75 Å². The van der Waals surface area contributed by atoms with Crippen molar-refractivity contribution in [2.24, 2.45) is 5.73 Å². The lowest BCUT2D eigenvalue weighted by Crippen LogP contribution is -2.33. The zero-order valence-electron chi connectivity index (χ0n) is 17.2. The van der Waals surface area contributed by atoms with Crippen molar-refractivity contribution in [2.75, 3.05) is 7.11 Å². The normalized spacial score (nSPS) is 16.6. The molecule has 1 aliphatic heterocycles. The van der Waals surface area contributed by atoms with Gasteiger partial charge in [0.15, 0.2) is 0 Å². The molecule has 0 aliphatic carbocycles. The monoisotopic (exact) mass is 520 g/mol. The van der Waals surface area contributed by atoms with Gasteiger partial charge in [-0.1, -0.05) is 42.2 Å². The average molecular weight is 521 g/mol. The molecular weight excluding hydrogens is 501 g/mol. The van der Waals surface area contributed by atoms with Gasteiger partial charge in [-0.3, -0.25) is 9.59 Å². The highest BCUT2D eigenvalue weighted by Gasteiger charge is 2.37. The molecule has 2 aromatic rings. The smallest absolute Gasteiger partial charge is 0.416 e. The van der Waals surface area contributed by atoms with Gasteiger partial charge in [-0.2, -0.15) is 13.2 Å². The highest BCUT2D eigenvalue weighted by molar-refractivity contribution is 8.24. The largest absolute Gasteiger partial charge is 0.468 e. The molecule has 1 aliphatic rings. The molecule has 2 atom stereocenters. The van der Waals surface area contributed by atoms with Gasteiger partial charge in [0.25, 0.3) is 0 Å². The van der Waals surface area contributed by atoms with Gasteiger partial charge in [-0.15, -0.1) is 12.4 Å². The minimum Gasteiger partial charge on any atom is -0.468 e. The van der Waals surface area contributed by atoms with E-state index in [2.05, 4.69) is 10.1 Å². The molecule has 0 saturated carbocycles. The van der Waals surface area contributed by atoms with Crippen molar-refractivity contribution < 1.29 is 32.2 Å². The van der Waals surface area contributed by atoms with Gasteiger partial charge in [-0.25, -0.2) is 0 Å². The first-order valence-electron chi connectivity index (χ1n) is 9.38. The van der Waals surface area contributed by atoms with Gasteiger partial charge in [0.1, 0.15) is 21.9 Å². The molecule has 178 valence electrons. The summed E-state index contributed by atoms with van der Waals surface area (Å²) in [6, 6.07) is 9.28. The molecule has 1 heterocycles. The summed E-state index contributed by atoms with van der Waals surface area (Å²) in [4.78, 5) is 23.3. The van der Waals surface area contributed by atoms with E-state index in [1.165, 1.54) is 19.2 Å². The first-order chi connectivity index (χ1) is 15.1. The van der Waals surface area contributed by atoms with Crippen LogP contribution >= 0.6 is 36.4 Å². The number of alkyl halides is 3. The lowest BCUT2D eigenvalue weighted by molar-refractivity contribution is -0.142. The molecule has 1 amide bonds. The van der Waals surface area contributed by atoms with E-state index < -0.39 is 34.9 Å². The van der Waals surface area contributed by atoms with Gasteiger partial charge in [-0.05, 0) is 48.2 Å². The van der Waals surface area contributed by atoms with E-state index >= 15 is 0 Å². The number of amides is 1. The zero-order valence-corrected chi connectivity index (χ0v) is 19.6. The van der Waals surface area contributed by atoms with Crippen LogP contribution in [0.3, 0.4) is 0 Å². The fourth-order valence-electron chi connectivity index (χ4n) is 3.11. The molecule has 0 aromatic heterocycles. The van der Waals surface area contributed by atoms with Crippen molar-refractivity contribution in [3.05, 3.63) is 59.2 Å². The Morgan fingerprint density at radius 1 is 1.21 bits per heavy atom. The number of thioether (sulfide) groups is 1. The summed E-state index contributed by atoms with van der Waals surface area (Å²) in [5.74, 6) is -0.627. The van der Waals surface area contributed by atoms with Crippen LogP contribution < -0.4 is 15.8 Å². The molecule has 3 rings (SSSR count). The predicted molar refractivity (Wildman–Crippen MR) is 125 cm³/mol. The maximum absolute atomic E-state index is 13.6. The molecule has 6 nitrogen and oxygen atoms in total. The molecule has 0 radical (unpaired) electrons. The minimum atomic E-state index is -4.62. The Balaban J connectivity index is 0.00000385. The van der Waals surface area contributed by atoms with Gasteiger partial charge in [0.2, 0.25) is 5.91 Å². The van der Waals surface area contributed by atoms with E-state index in [4.69, 9.17) is 22.7 Å². The minimum absolute atomic E-state index is 0. The quantitative estimate of drug-likeness (QED) is 0.421. The van der Waals surface area contributed by atoms with Crippen molar-refractivity contribution in [3.8, 4) is 11.5 Å². The molecule has 0 bridgehead atoms. The Kier molecular flexibility index (Phi) is 9.12. The summed E-state index contributed by atoms with van der Waals surface area (Å²) in [6.45, 7) is 0. The van der Waals surface area contributed by atoms with Crippen LogP contribution in [0.4, 0.5) is 13.2 Å². The summed E-state index contributed by atoms with van der Waals surface area (Å²) < 4.78 is 51.3. The second kappa shape index (κ2) is 11.2. The maximum atomic E-state index is 13.6. The van der Waals surface area contributed by atoms with Gasteiger partial charge >= 0.3 is 12.1 Å². The number of benzene rings is 2. The third-order valence-electron chi connectivity index (χ3n) is 4.68. The summed E-state index contributed by atoms with van der Waals surface area (Å²) in [6.07, 6.45) is -4.49. The Morgan fingerprint density at radius 2 is 1.85 bits per heavy atom. The molecule has 33 heavy (non-hydrogen) atoms. The van der Waals surface area contributed by atoms with Crippen LogP contribution in [-0.2, 0) is 33.3 Å². The van der Waals surface area contributed by atoms with Crippen LogP contribution in [0.1, 0.15) is 16.7 Å². The summed E-state index contributed by atoms with van der Waals surface area (Å²) in [5.41, 5.74) is 5.57. The van der Waals surface area contributed by atoms with Crippen LogP contribution in [0.2, 0.25) is 0 Å².